The minimum atomic E-state index is 0.0829. The number of aryl methyl sites for hydroxylation is 2. The van der Waals surface area contributed by atoms with E-state index in [1.165, 1.54) is 0 Å². The third kappa shape index (κ3) is 6.25. The molecule has 160 valence electrons. The van der Waals surface area contributed by atoms with Crippen molar-refractivity contribution >= 4 is 5.91 Å². The molecule has 1 rings (SSSR count). The van der Waals surface area contributed by atoms with Crippen molar-refractivity contribution in [1.82, 2.24) is 4.90 Å². The lowest BCUT2D eigenvalue weighted by Gasteiger charge is -2.33. The molecule has 0 aliphatic carbocycles. The molecule has 3 nitrogen and oxygen atoms in total. The van der Waals surface area contributed by atoms with Gasteiger partial charge in [-0.1, -0.05) is 46.1 Å². The van der Waals surface area contributed by atoms with Crippen LogP contribution in [0.5, 0.6) is 5.75 Å². The van der Waals surface area contributed by atoms with Crippen LogP contribution in [0.25, 0.3) is 0 Å². The second-order valence-corrected chi connectivity index (χ2v) is 8.61. The number of benzene rings is 1. The van der Waals surface area contributed by atoms with Crippen LogP contribution in [-0.2, 0) is 19.3 Å². The first kappa shape index (κ1) is 24.5. The molecular formula is C25H43NO2. The Kier molecular flexibility index (Phi) is 10.6. The average molecular weight is 390 g/mol. The second-order valence-electron chi connectivity index (χ2n) is 8.61. The molecular weight excluding hydrogens is 346 g/mol. The zero-order valence-electron chi connectivity index (χ0n) is 19.4. The number of nitrogens with zero attached hydrogens (tertiary/aromatic N) is 1. The van der Waals surface area contributed by atoms with Crippen LogP contribution < -0.4 is 0 Å². The zero-order valence-corrected chi connectivity index (χ0v) is 19.4. The Balaban J connectivity index is 3.62. The largest absolute Gasteiger partial charge is 0.507 e. The summed E-state index contributed by atoms with van der Waals surface area (Å²) in [5.74, 6) is 0.456. The predicted molar refractivity (Wildman–Crippen MR) is 120 cm³/mol. The van der Waals surface area contributed by atoms with Crippen LogP contribution in [0.1, 0.15) is 114 Å². The van der Waals surface area contributed by atoms with Crippen LogP contribution in [0.3, 0.4) is 0 Å². The number of aromatic hydroxyl groups is 1. The van der Waals surface area contributed by atoms with E-state index in [4.69, 9.17) is 0 Å². The molecule has 1 amide bonds. The molecule has 0 unspecified atom stereocenters. The highest BCUT2D eigenvalue weighted by Crippen LogP contribution is 2.34. The Hall–Kier alpha value is -1.51. The summed E-state index contributed by atoms with van der Waals surface area (Å²) in [7, 11) is 0. The van der Waals surface area contributed by atoms with E-state index in [0.717, 1.165) is 80.0 Å². The SMILES string of the molecule is CCCCc1cc(CCCC)c(C(=O)N(C(C)C)C(C)C)c(CCCC)c1O. The minimum absolute atomic E-state index is 0.0829. The highest BCUT2D eigenvalue weighted by Gasteiger charge is 2.28. The highest BCUT2D eigenvalue weighted by molar-refractivity contribution is 5.98. The molecule has 0 spiro atoms. The smallest absolute Gasteiger partial charge is 0.255 e. The van der Waals surface area contributed by atoms with Crippen molar-refractivity contribution in [1.29, 1.82) is 0 Å². The summed E-state index contributed by atoms with van der Waals surface area (Å²) < 4.78 is 0. The first-order valence-electron chi connectivity index (χ1n) is 11.5. The third-order valence-electron chi connectivity index (χ3n) is 5.50. The van der Waals surface area contributed by atoms with Crippen molar-refractivity contribution in [3.8, 4) is 5.75 Å². The van der Waals surface area contributed by atoms with Crippen LogP contribution >= 0.6 is 0 Å². The van der Waals surface area contributed by atoms with Gasteiger partial charge in [0.1, 0.15) is 5.75 Å². The molecule has 1 aromatic carbocycles. The van der Waals surface area contributed by atoms with E-state index in [0.29, 0.717) is 5.75 Å². The van der Waals surface area contributed by atoms with Gasteiger partial charge in [-0.15, -0.1) is 0 Å². The number of rotatable bonds is 12. The molecule has 0 aliphatic heterocycles. The van der Waals surface area contributed by atoms with E-state index in [2.05, 4.69) is 54.5 Å². The molecule has 1 N–H and O–H groups in total. The Morgan fingerprint density at radius 3 is 1.79 bits per heavy atom. The summed E-state index contributed by atoms with van der Waals surface area (Å²) >= 11 is 0. The summed E-state index contributed by atoms with van der Waals surface area (Å²) in [4.78, 5) is 15.7. The van der Waals surface area contributed by atoms with E-state index in [-0.39, 0.29) is 18.0 Å². The van der Waals surface area contributed by atoms with Gasteiger partial charge in [0.15, 0.2) is 0 Å². The van der Waals surface area contributed by atoms with Gasteiger partial charge in [-0.3, -0.25) is 4.79 Å². The molecule has 0 atom stereocenters. The van der Waals surface area contributed by atoms with Crippen LogP contribution in [0.2, 0.25) is 0 Å². The Morgan fingerprint density at radius 2 is 1.32 bits per heavy atom. The van der Waals surface area contributed by atoms with Gasteiger partial charge in [-0.2, -0.15) is 0 Å². The molecule has 0 radical (unpaired) electrons. The number of carbonyl (C=O) groups is 1. The molecule has 0 saturated heterocycles. The molecule has 0 aliphatic rings. The van der Waals surface area contributed by atoms with Crippen molar-refractivity contribution in [3.63, 3.8) is 0 Å². The van der Waals surface area contributed by atoms with Gasteiger partial charge in [0, 0.05) is 23.2 Å². The van der Waals surface area contributed by atoms with Gasteiger partial charge >= 0.3 is 0 Å². The first-order valence-corrected chi connectivity index (χ1v) is 11.5. The number of amides is 1. The van der Waals surface area contributed by atoms with Crippen LogP contribution in [0.4, 0.5) is 0 Å². The molecule has 0 fully saturated rings. The zero-order chi connectivity index (χ0) is 21.3. The average Bonchev–Trinajstić information content (AvgIpc) is 2.63. The van der Waals surface area contributed by atoms with Gasteiger partial charge in [-0.05, 0) is 77.3 Å². The standard InChI is InChI=1S/C25H43NO2/c1-8-11-14-20-17-21(15-12-9-2)24(27)22(16-13-10-3)23(20)25(28)26(18(4)5)19(6)7/h17-19,27H,8-16H2,1-7H3. The lowest BCUT2D eigenvalue weighted by Crippen LogP contribution is -2.42. The number of phenols is 1. The summed E-state index contributed by atoms with van der Waals surface area (Å²) in [6.07, 6.45) is 8.92. The van der Waals surface area contributed by atoms with E-state index in [9.17, 15) is 9.90 Å². The molecule has 1 aromatic rings. The van der Waals surface area contributed by atoms with Crippen LogP contribution in [0.15, 0.2) is 6.07 Å². The maximum Gasteiger partial charge on any atom is 0.255 e. The summed E-state index contributed by atoms with van der Waals surface area (Å²) in [6.45, 7) is 14.8. The molecule has 0 heterocycles. The molecule has 3 heteroatoms. The minimum Gasteiger partial charge on any atom is -0.507 e. The van der Waals surface area contributed by atoms with Crippen molar-refractivity contribution < 1.29 is 9.90 Å². The fraction of sp³-hybridized carbons (Fsp3) is 0.720. The number of phenolic OH excluding ortho intramolecular Hbond substituents is 1. The van der Waals surface area contributed by atoms with Gasteiger partial charge in [0.2, 0.25) is 0 Å². The first-order chi connectivity index (χ1) is 13.3. The van der Waals surface area contributed by atoms with E-state index < -0.39 is 0 Å². The lowest BCUT2D eigenvalue weighted by molar-refractivity contribution is 0.0640. The van der Waals surface area contributed by atoms with Gasteiger partial charge in [0.05, 0.1) is 0 Å². The topological polar surface area (TPSA) is 40.5 Å². The number of hydrogen-bond donors (Lipinski definition) is 1. The van der Waals surface area contributed by atoms with Crippen molar-refractivity contribution in [3.05, 3.63) is 28.3 Å². The van der Waals surface area contributed by atoms with Crippen molar-refractivity contribution in [2.75, 3.05) is 0 Å². The van der Waals surface area contributed by atoms with Gasteiger partial charge in [-0.25, -0.2) is 0 Å². The number of unbranched alkanes of at least 4 members (excludes halogenated alkanes) is 3. The van der Waals surface area contributed by atoms with Crippen LogP contribution in [-0.4, -0.2) is 28.0 Å². The quantitative estimate of drug-likeness (QED) is 0.433. The van der Waals surface area contributed by atoms with E-state index >= 15 is 0 Å². The molecule has 0 saturated carbocycles. The van der Waals surface area contributed by atoms with E-state index in [1.54, 1.807) is 0 Å². The maximum atomic E-state index is 13.7. The van der Waals surface area contributed by atoms with E-state index in [1.807, 2.05) is 4.90 Å². The summed E-state index contributed by atoms with van der Waals surface area (Å²) in [5.41, 5.74) is 3.82. The van der Waals surface area contributed by atoms with Gasteiger partial charge < -0.3 is 10.0 Å². The Morgan fingerprint density at radius 1 is 0.857 bits per heavy atom. The number of carbonyl (C=O) groups excluding carboxylic acids is 1. The third-order valence-corrected chi connectivity index (χ3v) is 5.50. The summed E-state index contributed by atoms with van der Waals surface area (Å²) in [6, 6.07) is 2.39. The fourth-order valence-electron chi connectivity index (χ4n) is 4.04. The van der Waals surface area contributed by atoms with Crippen molar-refractivity contribution in [2.45, 2.75) is 118 Å². The maximum absolute atomic E-state index is 13.7. The molecule has 0 aromatic heterocycles. The van der Waals surface area contributed by atoms with Crippen molar-refractivity contribution in [2.24, 2.45) is 0 Å². The Labute approximate surface area is 173 Å². The van der Waals surface area contributed by atoms with Crippen LogP contribution in [0, 0.1) is 0 Å². The highest BCUT2D eigenvalue weighted by atomic mass is 16.3. The number of hydrogen-bond acceptors (Lipinski definition) is 2. The second kappa shape index (κ2) is 12.1. The molecule has 0 bridgehead atoms. The van der Waals surface area contributed by atoms with Gasteiger partial charge in [0.25, 0.3) is 5.91 Å². The Bertz CT molecular complexity index is 611. The molecule has 28 heavy (non-hydrogen) atoms. The fourth-order valence-corrected chi connectivity index (χ4v) is 4.04. The normalized spacial score (nSPS) is 11.5. The monoisotopic (exact) mass is 389 g/mol. The summed E-state index contributed by atoms with van der Waals surface area (Å²) in [5, 5.41) is 11.1. The lowest BCUT2D eigenvalue weighted by atomic mass is 9.88. The predicted octanol–water partition coefficient (Wildman–Crippen LogP) is 6.68.